The highest BCUT2D eigenvalue weighted by atomic mass is 16.6. The van der Waals surface area contributed by atoms with E-state index in [2.05, 4.69) is 18.7 Å². The van der Waals surface area contributed by atoms with Crippen LogP contribution in [0.25, 0.3) is 0 Å². The Balaban J connectivity index is 1.10. The van der Waals surface area contributed by atoms with Crippen LogP contribution in [-0.2, 0) is 35.5 Å². The number of carbonyl (C=O) groups is 3. The van der Waals surface area contributed by atoms with Gasteiger partial charge in [0.15, 0.2) is 5.78 Å². The van der Waals surface area contributed by atoms with Gasteiger partial charge in [0.05, 0.1) is 11.6 Å². The molecule has 0 unspecified atom stereocenters. The zero-order chi connectivity index (χ0) is 24.3. The summed E-state index contributed by atoms with van der Waals surface area (Å²) in [6.45, 7) is 7.56. The van der Waals surface area contributed by atoms with E-state index in [0.717, 1.165) is 72.3 Å². The van der Waals surface area contributed by atoms with Gasteiger partial charge in [-0.25, -0.2) is 9.59 Å². The Morgan fingerprint density at radius 1 is 0.943 bits per heavy atom. The Morgan fingerprint density at radius 3 is 2.57 bits per heavy atom. The molecule has 0 saturated carbocycles. The number of hydrogen-bond acceptors (Lipinski definition) is 6. The number of cyclic esters (lactones) is 1. The van der Waals surface area contributed by atoms with Gasteiger partial charge in [0.25, 0.3) is 0 Å². The highest BCUT2D eigenvalue weighted by Gasteiger charge is 2.44. The van der Waals surface area contributed by atoms with Gasteiger partial charge in [-0.3, -0.25) is 14.6 Å². The van der Waals surface area contributed by atoms with Gasteiger partial charge in [-0.15, -0.1) is 0 Å². The lowest BCUT2D eigenvalue weighted by Gasteiger charge is -2.35. The molecule has 7 heteroatoms. The van der Waals surface area contributed by atoms with E-state index in [0.29, 0.717) is 25.1 Å². The lowest BCUT2D eigenvalue weighted by atomic mass is 9.95. The van der Waals surface area contributed by atoms with E-state index in [9.17, 15) is 14.4 Å². The highest BCUT2D eigenvalue weighted by Crippen LogP contribution is 2.33. The number of amides is 1. The number of esters is 1. The van der Waals surface area contributed by atoms with Crippen LogP contribution in [0.4, 0.5) is 4.79 Å². The average Bonchev–Trinajstić information content (AvgIpc) is 3.51. The number of carbonyl (C=O) groups excluding carboxylic acids is 3. The summed E-state index contributed by atoms with van der Waals surface area (Å²) < 4.78 is 11.0. The van der Waals surface area contributed by atoms with Gasteiger partial charge >= 0.3 is 12.1 Å². The lowest BCUT2D eigenvalue weighted by Crippen LogP contribution is -2.49. The second-order valence-electron chi connectivity index (χ2n) is 10.2. The van der Waals surface area contributed by atoms with Crippen molar-refractivity contribution in [2.24, 2.45) is 0 Å². The molecule has 2 saturated heterocycles. The summed E-state index contributed by atoms with van der Waals surface area (Å²) in [4.78, 5) is 40.9. The Kier molecular flexibility index (Phi) is 5.40. The van der Waals surface area contributed by atoms with Gasteiger partial charge < -0.3 is 9.47 Å². The van der Waals surface area contributed by atoms with E-state index in [1.807, 2.05) is 29.2 Å². The molecule has 0 spiro atoms. The van der Waals surface area contributed by atoms with Crippen LogP contribution < -0.4 is 0 Å². The molecule has 3 heterocycles. The van der Waals surface area contributed by atoms with Crippen molar-refractivity contribution in [2.45, 2.75) is 64.8 Å². The monoisotopic (exact) mass is 474 g/mol. The first-order valence-corrected chi connectivity index (χ1v) is 12.5. The molecule has 4 aliphatic rings. The first-order chi connectivity index (χ1) is 16.9. The lowest BCUT2D eigenvalue weighted by molar-refractivity contribution is 0.0534. The zero-order valence-corrected chi connectivity index (χ0v) is 20.3. The quantitative estimate of drug-likeness (QED) is 0.615. The fraction of sp³-hybridized carbons (Fsp3) is 0.464. The summed E-state index contributed by atoms with van der Waals surface area (Å²) in [6.07, 6.45) is 2.78. The molecular weight excluding hydrogens is 444 g/mol. The molecule has 2 aromatic rings. The maximum atomic E-state index is 12.8. The number of Topliss-reactive ketones (excluding diaryl/α,β-unsaturated/α-hetero) is 1. The zero-order valence-electron chi connectivity index (χ0n) is 20.3. The van der Waals surface area contributed by atoms with E-state index in [4.69, 9.17) is 9.47 Å². The number of ketones is 1. The van der Waals surface area contributed by atoms with Crippen LogP contribution >= 0.6 is 0 Å². The maximum absolute atomic E-state index is 12.8. The predicted molar refractivity (Wildman–Crippen MR) is 128 cm³/mol. The summed E-state index contributed by atoms with van der Waals surface area (Å²) in [5, 5.41) is 0. The molecule has 1 aliphatic carbocycles. The van der Waals surface area contributed by atoms with Crippen molar-refractivity contribution >= 4 is 17.8 Å². The molecule has 182 valence electrons. The van der Waals surface area contributed by atoms with Crippen molar-refractivity contribution in [1.29, 1.82) is 0 Å². The third kappa shape index (κ3) is 3.73. The van der Waals surface area contributed by atoms with Crippen LogP contribution in [0.3, 0.4) is 0 Å². The van der Waals surface area contributed by atoms with Gasteiger partial charge in [0.1, 0.15) is 12.7 Å². The number of piperidine rings is 1. The van der Waals surface area contributed by atoms with E-state index in [1.54, 1.807) is 0 Å². The first kappa shape index (κ1) is 22.3. The fourth-order valence-corrected chi connectivity index (χ4v) is 6.22. The van der Waals surface area contributed by atoms with Crippen LogP contribution in [0, 0.1) is 13.8 Å². The van der Waals surface area contributed by atoms with Gasteiger partial charge in [0, 0.05) is 43.7 Å². The van der Waals surface area contributed by atoms with E-state index in [-0.39, 0.29) is 30.0 Å². The van der Waals surface area contributed by atoms with Crippen molar-refractivity contribution in [3.63, 3.8) is 0 Å². The highest BCUT2D eigenvalue weighted by molar-refractivity contribution is 6.00. The second-order valence-corrected chi connectivity index (χ2v) is 10.2. The minimum absolute atomic E-state index is 0.0814. The molecule has 0 bridgehead atoms. The molecule has 0 N–H and O–H groups in total. The molecule has 35 heavy (non-hydrogen) atoms. The minimum atomic E-state index is -0.239. The van der Waals surface area contributed by atoms with E-state index >= 15 is 0 Å². The second kappa shape index (κ2) is 8.48. The van der Waals surface area contributed by atoms with Crippen molar-refractivity contribution in [1.82, 2.24) is 9.80 Å². The molecule has 3 aliphatic heterocycles. The van der Waals surface area contributed by atoms with Gasteiger partial charge in [-0.1, -0.05) is 18.2 Å². The molecular formula is C28H30N2O5. The van der Waals surface area contributed by atoms with Crippen LogP contribution in [0.1, 0.15) is 66.9 Å². The number of benzene rings is 2. The van der Waals surface area contributed by atoms with Crippen molar-refractivity contribution < 1.29 is 23.9 Å². The maximum Gasteiger partial charge on any atom is 0.410 e. The topological polar surface area (TPSA) is 76.2 Å². The number of ether oxygens (including phenoxy) is 2. The number of rotatable bonds is 5. The SMILES string of the molecule is Cc1c(CN2C(=O)O[C@@H]3CN(CCc4ccc5c(c4C)COC5=O)CC[C@H]32)ccc2c1CCC2=O. The van der Waals surface area contributed by atoms with Gasteiger partial charge in [0.2, 0.25) is 0 Å². The largest absolute Gasteiger partial charge is 0.457 e. The van der Waals surface area contributed by atoms with Crippen LogP contribution in [0.5, 0.6) is 0 Å². The minimum Gasteiger partial charge on any atom is -0.457 e. The van der Waals surface area contributed by atoms with Gasteiger partial charge in [-0.2, -0.15) is 0 Å². The van der Waals surface area contributed by atoms with Crippen LogP contribution in [0.2, 0.25) is 0 Å². The van der Waals surface area contributed by atoms with Crippen molar-refractivity contribution in [3.8, 4) is 0 Å². The fourth-order valence-electron chi connectivity index (χ4n) is 6.22. The summed E-state index contributed by atoms with van der Waals surface area (Å²) in [6, 6.07) is 7.93. The smallest absolute Gasteiger partial charge is 0.410 e. The average molecular weight is 475 g/mol. The Bertz CT molecular complexity index is 1250. The Morgan fingerprint density at radius 2 is 1.71 bits per heavy atom. The number of nitrogens with zero attached hydrogens (tertiary/aromatic N) is 2. The van der Waals surface area contributed by atoms with E-state index in [1.165, 1.54) is 5.56 Å². The van der Waals surface area contributed by atoms with Crippen molar-refractivity contribution in [3.05, 3.63) is 68.8 Å². The molecule has 1 amide bonds. The molecule has 2 fully saturated rings. The predicted octanol–water partition coefficient (Wildman–Crippen LogP) is 3.74. The normalized spacial score (nSPS) is 23.3. The third-order valence-corrected chi connectivity index (χ3v) is 8.42. The Hall–Kier alpha value is -3.19. The molecule has 0 aromatic heterocycles. The Labute approximate surface area is 205 Å². The van der Waals surface area contributed by atoms with Crippen LogP contribution in [0.15, 0.2) is 24.3 Å². The summed E-state index contributed by atoms with van der Waals surface area (Å²) in [5.74, 6) is -0.00697. The molecule has 2 aromatic carbocycles. The summed E-state index contributed by atoms with van der Waals surface area (Å²) >= 11 is 0. The first-order valence-electron chi connectivity index (χ1n) is 12.5. The van der Waals surface area contributed by atoms with Gasteiger partial charge in [-0.05, 0) is 67.0 Å². The summed E-state index contributed by atoms with van der Waals surface area (Å²) in [5.41, 5.74) is 8.32. The van der Waals surface area contributed by atoms with E-state index < -0.39 is 0 Å². The molecule has 2 atom stereocenters. The number of fused-ring (bicyclic) bond motifs is 3. The molecule has 7 nitrogen and oxygen atoms in total. The number of hydrogen-bond donors (Lipinski definition) is 0. The van der Waals surface area contributed by atoms with Crippen LogP contribution in [-0.4, -0.2) is 59.4 Å². The number of likely N-dealkylation sites (tertiary alicyclic amines) is 1. The standard InChI is InChI=1S/C28H30N2O5/c1-16-18(3-6-22-23(16)15-34-27(22)32)9-11-29-12-10-24-26(14-29)35-28(33)30(24)13-19-4-5-21-20(17(19)2)7-8-25(21)31/h3-6,24,26H,7-15H2,1-2H3/t24-,26-/m1/s1. The molecule has 0 radical (unpaired) electrons. The molecule has 6 rings (SSSR count). The third-order valence-electron chi connectivity index (χ3n) is 8.42. The summed E-state index contributed by atoms with van der Waals surface area (Å²) in [7, 11) is 0. The van der Waals surface area contributed by atoms with Crippen molar-refractivity contribution in [2.75, 3.05) is 19.6 Å².